The van der Waals surface area contributed by atoms with Gasteiger partial charge in [-0.15, -0.1) is 6.58 Å². The Kier molecular flexibility index (Phi) is 7.71. The number of likely N-dealkylation sites (N-methyl/N-ethyl adjacent to an activating group) is 1. The lowest BCUT2D eigenvalue weighted by Gasteiger charge is -2.38. The van der Waals surface area contributed by atoms with Crippen molar-refractivity contribution >= 4 is 16.0 Å². The highest BCUT2D eigenvalue weighted by molar-refractivity contribution is 7.86. The van der Waals surface area contributed by atoms with Crippen molar-refractivity contribution < 1.29 is 22.7 Å². The third-order valence-corrected chi connectivity index (χ3v) is 7.73. The Balaban J connectivity index is 1.88. The second kappa shape index (κ2) is 10.3. The molecule has 1 aliphatic carbocycles. The molecule has 1 aliphatic rings. The zero-order chi connectivity index (χ0) is 23.3. The molecular weight excluding hydrogens is 428 g/mol. The normalized spacial score (nSPS) is 15.5. The lowest BCUT2D eigenvalue weighted by Crippen LogP contribution is -2.50. The van der Waals surface area contributed by atoms with Gasteiger partial charge in [0.2, 0.25) is 0 Å². The first kappa shape index (κ1) is 24.0. The lowest BCUT2D eigenvalue weighted by molar-refractivity contribution is -0.127. The second-order valence-corrected chi connectivity index (χ2v) is 9.91. The standard InChI is InChI=1S/C24H30N2O5S/c1-5-24(20-14-21(27)15-20)25(2)32(28,29)26(16-18-6-10-22(30-3)11-7-18)17-19-8-12-23(31-4)13-9-19/h5-13,20,24H,1,14-17H2,2-4H3/t24-/m0/s1. The maximum absolute atomic E-state index is 13.7. The van der Waals surface area contributed by atoms with Gasteiger partial charge in [0.05, 0.1) is 14.2 Å². The van der Waals surface area contributed by atoms with Gasteiger partial charge >= 0.3 is 0 Å². The first-order valence-electron chi connectivity index (χ1n) is 10.4. The zero-order valence-electron chi connectivity index (χ0n) is 18.7. The zero-order valence-corrected chi connectivity index (χ0v) is 19.5. The van der Waals surface area contributed by atoms with Crippen molar-refractivity contribution in [3.05, 3.63) is 72.3 Å². The summed E-state index contributed by atoms with van der Waals surface area (Å²) in [5.41, 5.74) is 1.68. The number of nitrogens with zero attached hydrogens (tertiary/aromatic N) is 2. The SMILES string of the molecule is C=C[C@@H](C1CC(=O)C1)N(C)S(=O)(=O)N(Cc1ccc(OC)cc1)Cc1ccc(OC)cc1. The smallest absolute Gasteiger partial charge is 0.282 e. The van der Waals surface area contributed by atoms with Crippen molar-refractivity contribution in [3.8, 4) is 11.5 Å². The van der Waals surface area contributed by atoms with Gasteiger partial charge in [0, 0.05) is 39.0 Å². The van der Waals surface area contributed by atoms with Crippen molar-refractivity contribution in [2.45, 2.75) is 32.0 Å². The molecule has 0 saturated heterocycles. The monoisotopic (exact) mass is 458 g/mol. The quantitative estimate of drug-likeness (QED) is 0.483. The summed E-state index contributed by atoms with van der Waals surface area (Å²) in [5.74, 6) is 1.53. The summed E-state index contributed by atoms with van der Waals surface area (Å²) in [6.45, 7) is 4.21. The van der Waals surface area contributed by atoms with E-state index in [1.807, 2.05) is 48.5 Å². The maximum Gasteiger partial charge on any atom is 0.282 e. The third-order valence-electron chi connectivity index (χ3n) is 5.85. The number of ether oxygens (including phenoxy) is 2. The van der Waals surface area contributed by atoms with Gasteiger partial charge in [-0.25, -0.2) is 0 Å². The Bertz CT molecular complexity index is 978. The molecule has 0 N–H and O–H groups in total. The van der Waals surface area contributed by atoms with Gasteiger partial charge in [0.1, 0.15) is 17.3 Å². The number of Topliss-reactive ketones (excluding diaryl/α,β-unsaturated/α-hetero) is 1. The minimum Gasteiger partial charge on any atom is -0.497 e. The average molecular weight is 459 g/mol. The molecule has 172 valence electrons. The van der Waals surface area contributed by atoms with E-state index in [2.05, 4.69) is 6.58 Å². The number of ketones is 1. The van der Waals surface area contributed by atoms with E-state index in [0.29, 0.717) is 24.3 Å². The van der Waals surface area contributed by atoms with E-state index in [9.17, 15) is 13.2 Å². The van der Waals surface area contributed by atoms with Crippen molar-refractivity contribution in [2.24, 2.45) is 5.92 Å². The molecule has 0 aromatic heterocycles. The Morgan fingerprint density at radius 1 is 0.969 bits per heavy atom. The molecule has 0 aliphatic heterocycles. The molecule has 7 nitrogen and oxygen atoms in total. The number of hydrogen-bond acceptors (Lipinski definition) is 5. The molecule has 2 aromatic rings. The fraction of sp³-hybridized carbons (Fsp3) is 0.375. The molecule has 0 spiro atoms. The van der Waals surface area contributed by atoms with E-state index in [4.69, 9.17) is 9.47 Å². The third kappa shape index (κ3) is 5.38. The Hall–Kier alpha value is -2.68. The lowest BCUT2D eigenvalue weighted by atomic mass is 9.78. The van der Waals surface area contributed by atoms with Gasteiger partial charge in [-0.3, -0.25) is 4.79 Å². The molecule has 3 rings (SSSR count). The van der Waals surface area contributed by atoms with Crippen LogP contribution >= 0.6 is 0 Å². The molecule has 0 radical (unpaired) electrons. The van der Waals surface area contributed by atoms with Crippen LogP contribution in [0.15, 0.2) is 61.2 Å². The van der Waals surface area contributed by atoms with E-state index >= 15 is 0 Å². The van der Waals surface area contributed by atoms with Crippen molar-refractivity contribution in [1.29, 1.82) is 0 Å². The fourth-order valence-electron chi connectivity index (χ4n) is 3.83. The molecule has 1 fully saturated rings. The molecule has 8 heteroatoms. The van der Waals surface area contributed by atoms with Crippen LogP contribution in [0.5, 0.6) is 11.5 Å². The minimum atomic E-state index is -3.86. The van der Waals surface area contributed by atoms with Gasteiger partial charge in [-0.05, 0) is 41.3 Å². The highest BCUT2D eigenvalue weighted by Crippen LogP contribution is 2.32. The van der Waals surface area contributed by atoms with E-state index in [1.165, 1.54) is 8.61 Å². The number of rotatable bonds is 11. The predicted octanol–water partition coefficient (Wildman–Crippen LogP) is 3.42. The molecule has 0 bridgehead atoms. The van der Waals surface area contributed by atoms with Crippen molar-refractivity contribution in [2.75, 3.05) is 21.3 Å². The molecule has 0 unspecified atom stereocenters. The van der Waals surface area contributed by atoms with Crippen molar-refractivity contribution in [1.82, 2.24) is 8.61 Å². The van der Waals surface area contributed by atoms with E-state index < -0.39 is 16.3 Å². The molecule has 0 amide bonds. The van der Waals surface area contributed by atoms with Crippen molar-refractivity contribution in [3.63, 3.8) is 0 Å². The van der Waals surface area contributed by atoms with Crippen LogP contribution in [0.2, 0.25) is 0 Å². The summed E-state index contributed by atoms with van der Waals surface area (Å²) in [4.78, 5) is 11.5. The fourth-order valence-corrected chi connectivity index (χ4v) is 5.38. The van der Waals surface area contributed by atoms with Crippen LogP contribution in [0.4, 0.5) is 0 Å². The van der Waals surface area contributed by atoms with Crippen LogP contribution in [0.1, 0.15) is 24.0 Å². The summed E-state index contributed by atoms with van der Waals surface area (Å²) < 4.78 is 40.6. The maximum atomic E-state index is 13.7. The Labute approximate surface area is 190 Å². The van der Waals surface area contributed by atoms with Gasteiger partial charge in [-0.1, -0.05) is 30.3 Å². The highest BCUT2D eigenvalue weighted by Gasteiger charge is 2.40. The largest absolute Gasteiger partial charge is 0.497 e. The molecular formula is C24H30N2O5S. The molecule has 1 saturated carbocycles. The minimum absolute atomic E-state index is 0.0383. The van der Waals surface area contributed by atoms with E-state index in [-0.39, 0.29) is 24.8 Å². The summed E-state index contributed by atoms with van der Waals surface area (Å²) >= 11 is 0. The van der Waals surface area contributed by atoms with Gasteiger partial charge in [-0.2, -0.15) is 17.0 Å². The Morgan fingerprint density at radius 3 is 1.75 bits per heavy atom. The molecule has 2 aromatic carbocycles. The van der Waals surface area contributed by atoms with Gasteiger partial charge in [0.25, 0.3) is 10.2 Å². The topological polar surface area (TPSA) is 76.2 Å². The number of methoxy groups -OCH3 is 2. The molecule has 1 atom stereocenters. The second-order valence-electron chi connectivity index (χ2n) is 7.92. The number of carbonyl (C=O) groups excluding carboxylic acids is 1. The number of benzene rings is 2. The summed E-state index contributed by atoms with van der Waals surface area (Å²) in [6, 6.07) is 14.2. The van der Waals surface area contributed by atoms with Crippen LogP contribution < -0.4 is 9.47 Å². The summed E-state index contributed by atoms with van der Waals surface area (Å²) in [7, 11) is 0.874. The van der Waals surface area contributed by atoms with Gasteiger partial charge in [0.15, 0.2) is 0 Å². The van der Waals surface area contributed by atoms with Crippen LogP contribution in [0.3, 0.4) is 0 Å². The van der Waals surface area contributed by atoms with Crippen LogP contribution in [0.25, 0.3) is 0 Å². The van der Waals surface area contributed by atoms with Gasteiger partial charge < -0.3 is 9.47 Å². The average Bonchev–Trinajstić information content (AvgIpc) is 2.78. The van der Waals surface area contributed by atoms with E-state index in [0.717, 1.165) is 11.1 Å². The number of carbonyl (C=O) groups is 1. The van der Waals surface area contributed by atoms with E-state index in [1.54, 1.807) is 27.3 Å². The first-order chi connectivity index (χ1) is 15.3. The molecule has 0 heterocycles. The first-order valence-corrected chi connectivity index (χ1v) is 11.8. The Morgan fingerprint density at radius 2 is 1.41 bits per heavy atom. The highest BCUT2D eigenvalue weighted by atomic mass is 32.2. The number of hydrogen-bond donors (Lipinski definition) is 0. The predicted molar refractivity (Wildman–Crippen MR) is 124 cm³/mol. The van der Waals surface area contributed by atoms with Crippen LogP contribution in [0, 0.1) is 5.92 Å². The summed E-state index contributed by atoms with van der Waals surface area (Å²) in [5, 5.41) is 0. The van der Waals surface area contributed by atoms with Crippen LogP contribution in [-0.4, -0.2) is 50.1 Å². The van der Waals surface area contributed by atoms with Crippen LogP contribution in [-0.2, 0) is 28.1 Å². The summed E-state index contributed by atoms with van der Waals surface area (Å²) in [6.07, 6.45) is 2.38. The molecule has 32 heavy (non-hydrogen) atoms.